The van der Waals surface area contributed by atoms with Crippen molar-refractivity contribution in [2.24, 2.45) is 7.05 Å². The first kappa shape index (κ1) is 11.1. The molecular formula is C12H12N4O. The largest absolute Gasteiger partial charge is 0.358 e. The van der Waals surface area contributed by atoms with Crippen LogP contribution in [0.15, 0.2) is 24.3 Å². The predicted molar refractivity (Wildman–Crippen MR) is 63.1 cm³/mol. The molecule has 1 N–H and O–H groups in total. The van der Waals surface area contributed by atoms with Crippen LogP contribution in [0.3, 0.4) is 0 Å². The number of aryl methyl sites for hydroxylation is 1. The van der Waals surface area contributed by atoms with Gasteiger partial charge in [0.2, 0.25) is 5.91 Å². The van der Waals surface area contributed by atoms with Gasteiger partial charge in [0, 0.05) is 14.1 Å². The van der Waals surface area contributed by atoms with Gasteiger partial charge >= 0.3 is 0 Å². The maximum atomic E-state index is 11.6. The Hall–Kier alpha value is -2.35. The SMILES string of the molecule is CNC(=O)[C@@H](C#N)c1nc2ccccc2n1C. The number of para-hydroxylation sites is 2. The highest BCUT2D eigenvalue weighted by atomic mass is 16.1. The summed E-state index contributed by atoms with van der Waals surface area (Å²) in [5.41, 5.74) is 1.70. The van der Waals surface area contributed by atoms with E-state index in [1.165, 1.54) is 7.05 Å². The highest BCUT2D eigenvalue weighted by Crippen LogP contribution is 2.20. The van der Waals surface area contributed by atoms with Crippen molar-refractivity contribution in [2.75, 3.05) is 7.05 Å². The van der Waals surface area contributed by atoms with Gasteiger partial charge in [0.25, 0.3) is 0 Å². The Morgan fingerprint density at radius 1 is 1.53 bits per heavy atom. The molecule has 2 aromatic rings. The van der Waals surface area contributed by atoms with E-state index in [-0.39, 0.29) is 5.91 Å². The van der Waals surface area contributed by atoms with Gasteiger partial charge in [0.05, 0.1) is 17.1 Å². The van der Waals surface area contributed by atoms with Crippen LogP contribution in [0.1, 0.15) is 11.7 Å². The third kappa shape index (κ3) is 1.74. The van der Waals surface area contributed by atoms with Crippen LogP contribution in [-0.2, 0) is 11.8 Å². The van der Waals surface area contributed by atoms with Crippen LogP contribution in [0, 0.1) is 11.3 Å². The van der Waals surface area contributed by atoms with E-state index in [0.717, 1.165) is 11.0 Å². The monoisotopic (exact) mass is 228 g/mol. The highest BCUT2D eigenvalue weighted by Gasteiger charge is 2.24. The molecule has 1 aromatic carbocycles. The number of hydrogen-bond donors (Lipinski definition) is 1. The fraction of sp³-hybridized carbons (Fsp3) is 0.250. The van der Waals surface area contributed by atoms with Crippen molar-refractivity contribution in [3.05, 3.63) is 30.1 Å². The molecule has 1 atom stereocenters. The first-order valence-corrected chi connectivity index (χ1v) is 5.21. The van der Waals surface area contributed by atoms with Crippen LogP contribution in [-0.4, -0.2) is 22.5 Å². The lowest BCUT2D eigenvalue weighted by atomic mass is 10.1. The number of imidazole rings is 1. The molecule has 0 unspecified atom stereocenters. The van der Waals surface area contributed by atoms with Crippen molar-refractivity contribution in [1.29, 1.82) is 5.26 Å². The number of benzene rings is 1. The van der Waals surface area contributed by atoms with Gasteiger partial charge in [0.1, 0.15) is 5.82 Å². The molecule has 2 rings (SSSR count). The minimum atomic E-state index is -0.877. The number of fused-ring (bicyclic) bond motifs is 1. The maximum Gasteiger partial charge on any atom is 0.244 e. The van der Waals surface area contributed by atoms with Crippen molar-refractivity contribution in [1.82, 2.24) is 14.9 Å². The second-order valence-corrected chi connectivity index (χ2v) is 3.69. The molecule has 0 fully saturated rings. The third-order valence-corrected chi connectivity index (χ3v) is 2.72. The van der Waals surface area contributed by atoms with Gasteiger partial charge in [0.15, 0.2) is 5.92 Å². The number of aromatic nitrogens is 2. The maximum absolute atomic E-state index is 11.6. The van der Waals surface area contributed by atoms with E-state index >= 15 is 0 Å². The minimum absolute atomic E-state index is 0.342. The lowest BCUT2D eigenvalue weighted by Crippen LogP contribution is -2.26. The van der Waals surface area contributed by atoms with Gasteiger partial charge in [-0.3, -0.25) is 4.79 Å². The van der Waals surface area contributed by atoms with E-state index in [9.17, 15) is 4.79 Å². The van der Waals surface area contributed by atoms with Gasteiger partial charge in [-0.05, 0) is 12.1 Å². The van der Waals surface area contributed by atoms with Gasteiger partial charge < -0.3 is 9.88 Å². The Kier molecular flexibility index (Phi) is 2.79. The van der Waals surface area contributed by atoms with Gasteiger partial charge in [-0.2, -0.15) is 5.26 Å². The Bertz CT molecular complexity index is 608. The fourth-order valence-corrected chi connectivity index (χ4v) is 1.80. The molecule has 0 spiro atoms. The molecule has 0 saturated heterocycles. The summed E-state index contributed by atoms with van der Waals surface area (Å²) < 4.78 is 1.78. The predicted octanol–water partition coefficient (Wildman–Crippen LogP) is 0.926. The summed E-state index contributed by atoms with van der Waals surface area (Å²) in [6.07, 6.45) is 0. The molecule has 1 amide bonds. The standard InChI is InChI=1S/C12H12N4O/c1-14-12(17)8(7-13)11-15-9-5-3-4-6-10(9)16(11)2/h3-6,8H,1-2H3,(H,14,17)/t8-/m0/s1. The zero-order chi connectivity index (χ0) is 12.4. The topological polar surface area (TPSA) is 70.7 Å². The second-order valence-electron chi connectivity index (χ2n) is 3.69. The molecule has 0 saturated carbocycles. The number of amides is 1. The van der Waals surface area contributed by atoms with Crippen molar-refractivity contribution in [3.8, 4) is 6.07 Å². The Morgan fingerprint density at radius 2 is 2.24 bits per heavy atom. The van der Waals surface area contributed by atoms with E-state index in [2.05, 4.69) is 10.3 Å². The molecule has 86 valence electrons. The highest BCUT2D eigenvalue weighted by molar-refractivity contribution is 5.87. The number of nitriles is 1. The molecule has 0 aliphatic carbocycles. The van der Waals surface area contributed by atoms with Crippen LogP contribution in [0.4, 0.5) is 0 Å². The summed E-state index contributed by atoms with van der Waals surface area (Å²) in [5.74, 6) is -0.753. The summed E-state index contributed by atoms with van der Waals surface area (Å²) in [7, 11) is 3.31. The summed E-state index contributed by atoms with van der Waals surface area (Å²) in [6, 6.07) is 9.51. The van der Waals surface area contributed by atoms with Crippen molar-refractivity contribution in [3.63, 3.8) is 0 Å². The van der Waals surface area contributed by atoms with E-state index in [4.69, 9.17) is 5.26 Å². The van der Waals surface area contributed by atoms with E-state index in [1.807, 2.05) is 30.3 Å². The number of hydrogen-bond acceptors (Lipinski definition) is 3. The number of nitrogens with one attached hydrogen (secondary N) is 1. The van der Waals surface area contributed by atoms with Crippen LogP contribution < -0.4 is 5.32 Å². The first-order valence-electron chi connectivity index (χ1n) is 5.21. The molecule has 1 aromatic heterocycles. The molecule has 0 radical (unpaired) electrons. The molecule has 5 nitrogen and oxygen atoms in total. The van der Waals surface area contributed by atoms with Crippen LogP contribution in [0.5, 0.6) is 0 Å². The Morgan fingerprint density at radius 3 is 2.82 bits per heavy atom. The molecule has 0 aliphatic heterocycles. The van der Waals surface area contributed by atoms with Gasteiger partial charge in [-0.25, -0.2) is 4.98 Å². The molecule has 0 aliphatic rings. The number of carbonyl (C=O) groups is 1. The Labute approximate surface area is 98.7 Å². The first-order chi connectivity index (χ1) is 8.19. The minimum Gasteiger partial charge on any atom is -0.358 e. The van der Waals surface area contributed by atoms with Crippen LogP contribution in [0.25, 0.3) is 11.0 Å². The summed E-state index contributed by atoms with van der Waals surface area (Å²) in [5, 5.41) is 11.5. The van der Waals surface area contributed by atoms with Gasteiger partial charge in [-0.15, -0.1) is 0 Å². The summed E-state index contributed by atoms with van der Waals surface area (Å²) in [6.45, 7) is 0. The third-order valence-electron chi connectivity index (χ3n) is 2.72. The van der Waals surface area contributed by atoms with E-state index < -0.39 is 5.92 Å². The lowest BCUT2D eigenvalue weighted by Gasteiger charge is -2.07. The Balaban J connectivity index is 2.59. The van der Waals surface area contributed by atoms with Crippen molar-refractivity contribution < 1.29 is 4.79 Å². The number of carbonyl (C=O) groups excluding carboxylic acids is 1. The second kappa shape index (κ2) is 4.26. The molecule has 0 bridgehead atoms. The zero-order valence-corrected chi connectivity index (χ0v) is 9.64. The van der Waals surface area contributed by atoms with Gasteiger partial charge in [-0.1, -0.05) is 12.1 Å². The lowest BCUT2D eigenvalue weighted by molar-refractivity contribution is -0.121. The zero-order valence-electron chi connectivity index (χ0n) is 9.64. The molecule has 1 heterocycles. The number of likely N-dealkylation sites (N-methyl/N-ethyl adjacent to an activating group) is 1. The number of nitrogens with zero attached hydrogens (tertiary/aromatic N) is 3. The smallest absolute Gasteiger partial charge is 0.244 e. The quantitative estimate of drug-likeness (QED) is 0.831. The average Bonchev–Trinajstić information content (AvgIpc) is 2.68. The number of rotatable bonds is 2. The summed E-state index contributed by atoms with van der Waals surface area (Å²) >= 11 is 0. The van der Waals surface area contributed by atoms with Crippen molar-refractivity contribution >= 4 is 16.9 Å². The molecule has 5 heteroatoms. The van der Waals surface area contributed by atoms with E-state index in [1.54, 1.807) is 11.6 Å². The normalized spacial score (nSPS) is 12.1. The molecular weight excluding hydrogens is 216 g/mol. The summed E-state index contributed by atoms with van der Waals surface area (Å²) in [4.78, 5) is 15.9. The molecule has 17 heavy (non-hydrogen) atoms. The van der Waals surface area contributed by atoms with Crippen LogP contribution >= 0.6 is 0 Å². The van der Waals surface area contributed by atoms with Crippen LogP contribution in [0.2, 0.25) is 0 Å². The average molecular weight is 228 g/mol. The van der Waals surface area contributed by atoms with E-state index in [0.29, 0.717) is 5.82 Å². The van der Waals surface area contributed by atoms with Crippen molar-refractivity contribution in [2.45, 2.75) is 5.92 Å². The fourth-order valence-electron chi connectivity index (χ4n) is 1.80.